The lowest BCUT2D eigenvalue weighted by Gasteiger charge is -2.11. The molecule has 0 spiro atoms. The molecule has 0 amide bonds. The van der Waals surface area contributed by atoms with E-state index >= 15 is 0 Å². The lowest BCUT2D eigenvalue weighted by Crippen LogP contribution is -2.39. The molecule has 0 aromatic heterocycles. The summed E-state index contributed by atoms with van der Waals surface area (Å²) < 4.78 is 0. The highest BCUT2D eigenvalue weighted by Gasteiger charge is 2.13. The predicted molar refractivity (Wildman–Crippen MR) is 46.1 cm³/mol. The summed E-state index contributed by atoms with van der Waals surface area (Å²) >= 11 is 3.81. The molecular weight excluding hydrogens is 182 g/mol. The summed E-state index contributed by atoms with van der Waals surface area (Å²) in [6.07, 6.45) is -1.29. The Morgan fingerprint density at radius 1 is 1.50 bits per heavy atom. The Morgan fingerprint density at radius 3 is 2.42 bits per heavy atom. The van der Waals surface area contributed by atoms with E-state index in [1.807, 2.05) is 0 Å². The number of thiol groups is 1. The second-order valence-electron chi connectivity index (χ2n) is 2.30. The van der Waals surface area contributed by atoms with Gasteiger partial charge in [0, 0.05) is 18.7 Å². The van der Waals surface area contributed by atoms with Crippen molar-refractivity contribution >= 4 is 18.6 Å². The minimum absolute atomic E-state index is 0.109. The van der Waals surface area contributed by atoms with Crippen molar-refractivity contribution in [1.82, 2.24) is 5.32 Å². The highest BCUT2D eigenvalue weighted by Crippen LogP contribution is 1.90. The van der Waals surface area contributed by atoms with Crippen LogP contribution in [0, 0.1) is 0 Å². The smallest absolute Gasteiger partial charge is 0.321 e. The predicted octanol–water partition coefficient (Wildman–Crippen LogP) is -1.34. The Bertz CT molecular complexity index is 142. The van der Waals surface area contributed by atoms with Gasteiger partial charge in [0.25, 0.3) is 0 Å². The van der Waals surface area contributed by atoms with Gasteiger partial charge in [-0.1, -0.05) is 0 Å². The lowest BCUT2D eigenvalue weighted by molar-refractivity contribution is -0.139. The van der Waals surface area contributed by atoms with Gasteiger partial charge in [0.15, 0.2) is 6.29 Å². The van der Waals surface area contributed by atoms with Crippen LogP contribution in [0.2, 0.25) is 0 Å². The number of aliphatic hydroxyl groups is 2. The van der Waals surface area contributed by atoms with E-state index in [2.05, 4.69) is 17.9 Å². The SMILES string of the molecule is O=C(O)[C@H](CS)NCCC(O)O. The Kier molecular flexibility index (Phi) is 6.09. The monoisotopic (exact) mass is 195 g/mol. The highest BCUT2D eigenvalue weighted by atomic mass is 32.1. The number of carboxylic acid groups (broad SMARTS) is 1. The first-order valence-electron chi connectivity index (χ1n) is 3.51. The zero-order valence-corrected chi connectivity index (χ0v) is 7.37. The third-order valence-electron chi connectivity index (χ3n) is 1.27. The fraction of sp³-hybridized carbons (Fsp3) is 0.833. The van der Waals surface area contributed by atoms with Gasteiger partial charge < -0.3 is 20.6 Å². The summed E-state index contributed by atoms with van der Waals surface area (Å²) in [7, 11) is 0. The van der Waals surface area contributed by atoms with Gasteiger partial charge in [-0.25, -0.2) is 0 Å². The van der Waals surface area contributed by atoms with Crippen molar-refractivity contribution in [3.8, 4) is 0 Å². The van der Waals surface area contributed by atoms with E-state index in [1.54, 1.807) is 0 Å². The summed E-state index contributed by atoms with van der Waals surface area (Å²) in [5.74, 6) is -0.811. The van der Waals surface area contributed by atoms with Crippen LogP contribution in [0.3, 0.4) is 0 Å². The van der Waals surface area contributed by atoms with Gasteiger partial charge in [-0.15, -0.1) is 0 Å². The third-order valence-corrected chi connectivity index (χ3v) is 1.64. The number of hydrogen-bond donors (Lipinski definition) is 5. The third kappa shape index (κ3) is 5.36. The normalized spacial score (nSPS) is 13.3. The molecule has 0 unspecified atom stereocenters. The summed E-state index contributed by atoms with van der Waals surface area (Å²) in [5, 5.41) is 28.0. The van der Waals surface area contributed by atoms with Gasteiger partial charge in [-0.3, -0.25) is 4.79 Å². The molecule has 1 atom stereocenters. The van der Waals surface area contributed by atoms with Crippen molar-refractivity contribution < 1.29 is 20.1 Å². The molecule has 0 heterocycles. The van der Waals surface area contributed by atoms with E-state index in [0.717, 1.165) is 0 Å². The van der Waals surface area contributed by atoms with Crippen LogP contribution in [0.15, 0.2) is 0 Å². The van der Waals surface area contributed by atoms with E-state index in [4.69, 9.17) is 15.3 Å². The average Bonchev–Trinajstić information content (AvgIpc) is 1.96. The molecule has 4 N–H and O–H groups in total. The number of aliphatic hydroxyl groups excluding tert-OH is 1. The fourth-order valence-corrected chi connectivity index (χ4v) is 0.902. The van der Waals surface area contributed by atoms with E-state index in [0.29, 0.717) is 0 Å². The van der Waals surface area contributed by atoms with Gasteiger partial charge in [0.2, 0.25) is 0 Å². The molecule has 0 rings (SSSR count). The van der Waals surface area contributed by atoms with E-state index < -0.39 is 18.3 Å². The largest absolute Gasteiger partial charge is 0.480 e. The summed E-state index contributed by atoms with van der Waals surface area (Å²) in [6, 6.07) is -0.730. The number of rotatable bonds is 6. The molecule has 0 saturated carbocycles. The molecule has 0 aliphatic rings. The standard InChI is InChI=1S/C6H13NO4S/c8-5(9)1-2-7-4(3-12)6(10)11/h4-5,7-9,12H,1-3H2,(H,10,11)/t4-/m0/s1. The molecule has 0 aromatic rings. The van der Waals surface area contributed by atoms with Crippen LogP contribution < -0.4 is 5.32 Å². The summed E-state index contributed by atoms with van der Waals surface area (Å²) in [5.41, 5.74) is 0. The molecule has 72 valence electrons. The first kappa shape index (κ1) is 11.7. The topological polar surface area (TPSA) is 89.8 Å². The second kappa shape index (κ2) is 6.24. The van der Waals surface area contributed by atoms with Crippen LogP contribution in [-0.2, 0) is 4.79 Å². The zero-order valence-electron chi connectivity index (χ0n) is 6.47. The van der Waals surface area contributed by atoms with Crippen LogP contribution in [-0.4, -0.2) is 45.9 Å². The van der Waals surface area contributed by atoms with E-state index in [1.165, 1.54) is 0 Å². The molecule has 0 aliphatic heterocycles. The van der Waals surface area contributed by atoms with Gasteiger partial charge in [-0.2, -0.15) is 12.6 Å². The summed E-state index contributed by atoms with van der Waals surface area (Å²) in [6.45, 7) is 0.245. The molecule has 12 heavy (non-hydrogen) atoms. The van der Waals surface area contributed by atoms with Gasteiger partial charge in [0.1, 0.15) is 6.04 Å². The van der Waals surface area contributed by atoms with Gasteiger partial charge >= 0.3 is 5.97 Å². The maximum atomic E-state index is 10.4. The van der Waals surface area contributed by atoms with Crippen molar-refractivity contribution in [2.75, 3.05) is 12.3 Å². The fourth-order valence-electron chi connectivity index (χ4n) is 0.617. The van der Waals surface area contributed by atoms with Crippen LogP contribution in [0.25, 0.3) is 0 Å². The Hall–Kier alpha value is -0.300. The minimum Gasteiger partial charge on any atom is -0.480 e. The highest BCUT2D eigenvalue weighted by molar-refractivity contribution is 7.80. The van der Waals surface area contributed by atoms with Crippen molar-refractivity contribution in [1.29, 1.82) is 0 Å². The zero-order chi connectivity index (χ0) is 9.56. The molecule has 0 radical (unpaired) electrons. The van der Waals surface area contributed by atoms with Gasteiger partial charge in [0.05, 0.1) is 0 Å². The quantitative estimate of drug-likeness (QED) is 0.267. The molecular formula is C6H13NO4S. The molecule has 6 heteroatoms. The van der Waals surface area contributed by atoms with Gasteiger partial charge in [-0.05, 0) is 0 Å². The molecule has 0 fully saturated rings. The minimum atomic E-state index is -1.40. The number of aliphatic carboxylic acids is 1. The second-order valence-corrected chi connectivity index (χ2v) is 2.66. The Labute approximate surface area is 75.8 Å². The summed E-state index contributed by atoms with van der Waals surface area (Å²) in [4.78, 5) is 10.4. The van der Waals surface area contributed by atoms with Crippen LogP contribution >= 0.6 is 12.6 Å². The lowest BCUT2D eigenvalue weighted by atomic mass is 10.3. The molecule has 0 bridgehead atoms. The molecule has 0 saturated heterocycles. The van der Waals surface area contributed by atoms with Crippen LogP contribution in [0.4, 0.5) is 0 Å². The number of hydrogen-bond acceptors (Lipinski definition) is 5. The molecule has 0 aromatic carbocycles. The first-order chi connectivity index (χ1) is 5.57. The van der Waals surface area contributed by atoms with E-state index in [9.17, 15) is 4.79 Å². The molecule has 0 aliphatic carbocycles. The Balaban J connectivity index is 3.52. The number of nitrogens with one attached hydrogen (secondary N) is 1. The van der Waals surface area contributed by atoms with Crippen molar-refractivity contribution in [2.24, 2.45) is 0 Å². The van der Waals surface area contributed by atoms with Crippen molar-refractivity contribution in [3.05, 3.63) is 0 Å². The van der Waals surface area contributed by atoms with Crippen molar-refractivity contribution in [3.63, 3.8) is 0 Å². The van der Waals surface area contributed by atoms with Crippen LogP contribution in [0.5, 0.6) is 0 Å². The van der Waals surface area contributed by atoms with Crippen LogP contribution in [0.1, 0.15) is 6.42 Å². The number of carboxylic acids is 1. The first-order valence-corrected chi connectivity index (χ1v) is 4.14. The maximum absolute atomic E-state index is 10.4. The maximum Gasteiger partial charge on any atom is 0.321 e. The number of carbonyl (C=O) groups is 1. The van der Waals surface area contributed by atoms with E-state index in [-0.39, 0.29) is 18.7 Å². The van der Waals surface area contributed by atoms with Crippen molar-refractivity contribution in [2.45, 2.75) is 18.8 Å². The average molecular weight is 195 g/mol. The molecule has 5 nitrogen and oxygen atoms in total. The Morgan fingerprint density at radius 2 is 2.08 bits per heavy atom.